The van der Waals surface area contributed by atoms with Crippen molar-refractivity contribution in [3.8, 4) is 5.75 Å². The van der Waals surface area contributed by atoms with Crippen molar-refractivity contribution >= 4 is 11.0 Å². The van der Waals surface area contributed by atoms with Crippen LogP contribution in [0.3, 0.4) is 0 Å². The number of phenolic OH excluding ortho intramolecular Hbond substituents is 1. The average molecular weight is 217 g/mol. The topological polar surface area (TPSA) is 36.6 Å². The highest BCUT2D eigenvalue weighted by molar-refractivity contribution is 5.79. The molecule has 1 aromatic carbocycles. The molecule has 0 atom stereocenters. The van der Waals surface area contributed by atoms with Gasteiger partial charge in [-0.25, -0.2) is 0 Å². The van der Waals surface area contributed by atoms with Crippen LogP contribution in [0.5, 0.6) is 5.75 Å². The number of phenols is 1. The van der Waals surface area contributed by atoms with E-state index < -0.39 is 0 Å². The van der Waals surface area contributed by atoms with Crippen LogP contribution in [0, 0.1) is 0 Å². The lowest BCUT2D eigenvalue weighted by atomic mass is 10.2. The molecule has 2 heterocycles. The van der Waals surface area contributed by atoms with Crippen LogP contribution in [0.25, 0.3) is 11.0 Å². The predicted molar refractivity (Wildman–Crippen MR) is 62.4 cm³/mol. The first-order valence-corrected chi connectivity index (χ1v) is 5.75. The summed E-state index contributed by atoms with van der Waals surface area (Å²) in [7, 11) is 0. The van der Waals surface area contributed by atoms with E-state index in [4.69, 9.17) is 4.42 Å². The Balaban J connectivity index is 1.86. The highest BCUT2D eigenvalue weighted by atomic mass is 16.3. The van der Waals surface area contributed by atoms with Crippen LogP contribution < -0.4 is 0 Å². The smallest absolute Gasteiger partial charge is 0.134 e. The van der Waals surface area contributed by atoms with Crippen molar-refractivity contribution in [2.24, 2.45) is 0 Å². The fraction of sp³-hybridized carbons (Fsp3) is 0.385. The van der Waals surface area contributed by atoms with E-state index in [0.29, 0.717) is 5.75 Å². The molecule has 0 spiro atoms. The average Bonchev–Trinajstić information content (AvgIpc) is 2.86. The number of furan rings is 1. The first-order valence-electron chi connectivity index (χ1n) is 5.75. The van der Waals surface area contributed by atoms with E-state index in [-0.39, 0.29) is 0 Å². The normalized spacial score (nSPS) is 17.2. The number of hydrogen-bond donors (Lipinski definition) is 1. The fourth-order valence-corrected chi connectivity index (χ4v) is 2.32. The molecule has 1 aliphatic rings. The molecule has 0 unspecified atom stereocenters. The summed E-state index contributed by atoms with van der Waals surface area (Å²) >= 11 is 0. The molecular formula is C13H15NO2. The maximum atomic E-state index is 9.37. The molecule has 3 nitrogen and oxygen atoms in total. The zero-order chi connectivity index (χ0) is 11.0. The third kappa shape index (κ3) is 1.78. The van der Waals surface area contributed by atoms with Crippen molar-refractivity contribution < 1.29 is 9.52 Å². The van der Waals surface area contributed by atoms with Crippen molar-refractivity contribution in [3.05, 3.63) is 30.0 Å². The molecule has 1 aliphatic heterocycles. The maximum absolute atomic E-state index is 9.37. The molecule has 1 saturated heterocycles. The van der Waals surface area contributed by atoms with Gasteiger partial charge in [0.1, 0.15) is 17.1 Å². The lowest BCUT2D eigenvalue weighted by Gasteiger charge is -2.11. The number of hydrogen-bond acceptors (Lipinski definition) is 3. The number of aromatic hydroxyl groups is 1. The van der Waals surface area contributed by atoms with Gasteiger partial charge in [-0.1, -0.05) is 0 Å². The number of fused-ring (bicyclic) bond motifs is 1. The van der Waals surface area contributed by atoms with Crippen molar-refractivity contribution in [3.63, 3.8) is 0 Å². The minimum atomic E-state index is 0.293. The summed E-state index contributed by atoms with van der Waals surface area (Å²) in [6.45, 7) is 3.22. The zero-order valence-corrected chi connectivity index (χ0v) is 9.15. The molecule has 1 N–H and O–H groups in total. The van der Waals surface area contributed by atoms with Crippen molar-refractivity contribution in [1.82, 2.24) is 4.90 Å². The summed E-state index contributed by atoms with van der Waals surface area (Å²) in [4.78, 5) is 2.40. The van der Waals surface area contributed by atoms with E-state index in [1.54, 1.807) is 12.1 Å². The first-order chi connectivity index (χ1) is 7.81. The monoisotopic (exact) mass is 217 g/mol. The van der Waals surface area contributed by atoms with Gasteiger partial charge in [0.05, 0.1) is 6.54 Å². The standard InChI is InChI=1S/C13H15NO2/c15-11-3-4-13-10(7-11)8-12(16-13)9-14-5-1-2-6-14/h3-4,7-8,15H,1-2,5-6,9H2. The lowest BCUT2D eigenvalue weighted by molar-refractivity contribution is 0.302. The van der Waals surface area contributed by atoms with Gasteiger partial charge in [-0.2, -0.15) is 0 Å². The van der Waals surface area contributed by atoms with Gasteiger partial charge in [-0.3, -0.25) is 4.90 Å². The molecule has 84 valence electrons. The van der Waals surface area contributed by atoms with Crippen LogP contribution in [0.15, 0.2) is 28.7 Å². The Morgan fingerprint density at radius 3 is 2.81 bits per heavy atom. The van der Waals surface area contributed by atoms with Gasteiger partial charge in [0.25, 0.3) is 0 Å². The summed E-state index contributed by atoms with van der Waals surface area (Å²) < 4.78 is 5.73. The van der Waals surface area contributed by atoms with E-state index in [9.17, 15) is 5.11 Å². The molecule has 0 bridgehead atoms. The zero-order valence-electron chi connectivity index (χ0n) is 9.15. The van der Waals surface area contributed by atoms with Crippen LogP contribution in [-0.2, 0) is 6.54 Å². The second-order valence-electron chi connectivity index (χ2n) is 4.42. The summed E-state index contributed by atoms with van der Waals surface area (Å²) in [6, 6.07) is 7.24. The highest BCUT2D eigenvalue weighted by Gasteiger charge is 2.14. The van der Waals surface area contributed by atoms with Gasteiger partial charge >= 0.3 is 0 Å². The molecule has 3 heteroatoms. The van der Waals surface area contributed by atoms with E-state index in [1.165, 1.54) is 25.9 Å². The summed E-state index contributed by atoms with van der Waals surface area (Å²) in [5, 5.41) is 10.4. The van der Waals surface area contributed by atoms with Gasteiger partial charge < -0.3 is 9.52 Å². The highest BCUT2D eigenvalue weighted by Crippen LogP contribution is 2.24. The third-order valence-corrected chi connectivity index (χ3v) is 3.13. The second-order valence-corrected chi connectivity index (χ2v) is 4.42. The van der Waals surface area contributed by atoms with Crippen LogP contribution in [0.2, 0.25) is 0 Å². The van der Waals surface area contributed by atoms with E-state index in [2.05, 4.69) is 4.90 Å². The van der Waals surface area contributed by atoms with E-state index in [0.717, 1.165) is 23.3 Å². The van der Waals surface area contributed by atoms with Gasteiger partial charge in [0.2, 0.25) is 0 Å². The first kappa shape index (κ1) is 9.73. The Morgan fingerprint density at radius 1 is 1.19 bits per heavy atom. The molecule has 1 aromatic heterocycles. The van der Waals surface area contributed by atoms with E-state index >= 15 is 0 Å². The minimum Gasteiger partial charge on any atom is -0.508 e. The van der Waals surface area contributed by atoms with Crippen molar-refractivity contribution in [2.75, 3.05) is 13.1 Å². The van der Waals surface area contributed by atoms with Gasteiger partial charge in [-0.15, -0.1) is 0 Å². The van der Waals surface area contributed by atoms with Crippen LogP contribution >= 0.6 is 0 Å². The second kappa shape index (κ2) is 3.83. The molecule has 0 aliphatic carbocycles. The molecule has 2 aromatic rings. The Kier molecular flexibility index (Phi) is 2.33. The Bertz CT molecular complexity index is 498. The molecule has 0 saturated carbocycles. The Morgan fingerprint density at radius 2 is 2.00 bits per heavy atom. The van der Waals surface area contributed by atoms with Crippen LogP contribution in [0.1, 0.15) is 18.6 Å². The van der Waals surface area contributed by atoms with Gasteiger partial charge in [0.15, 0.2) is 0 Å². The molecule has 0 amide bonds. The third-order valence-electron chi connectivity index (χ3n) is 3.13. The van der Waals surface area contributed by atoms with Gasteiger partial charge in [-0.05, 0) is 50.2 Å². The van der Waals surface area contributed by atoms with Crippen molar-refractivity contribution in [1.29, 1.82) is 0 Å². The largest absolute Gasteiger partial charge is 0.508 e. The van der Waals surface area contributed by atoms with E-state index in [1.807, 2.05) is 12.1 Å². The Hall–Kier alpha value is -1.48. The van der Waals surface area contributed by atoms with Crippen LogP contribution in [0.4, 0.5) is 0 Å². The summed E-state index contributed by atoms with van der Waals surface area (Å²) in [6.07, 6.45) is 2.59. The molecular weight excluding hydrogens is 202 g/mol. The SMILES string of the molecule is Oc1ccc2oc(CN3CCCC3)cc2c1. The van der Waals surface area contributed by atoms with Gasteiger partial charge in [0, 0.05) is 5.39 Å². The number of nitrogens with zero attached hydrogens (tertiary/aromatic N) is 1. The number of benzene rings is 1. The van der Waals surface area contributed by atoms with Crippen LogP contribution in [-0.4, -0.2) is 23.1 Å². The molecule has 0 radical (unpaired) electrons. The maximum Gasteiger partial charge on any atom is 0.134 e. The fourth-order valence-electron chi connectivity index (χ4n) is 2.32. The quantitative estimate of drug-likeness (QED) is 0.840. The predicted octanol–water partition coefficient (Wildman–Crippen LogP) is 2.73. The summed E-state index contributed by atoms with van der Waals surface area (Å²) in [5.41, 5.74) is 0.854. The minimum absolute atomic E-state index is 0.293. The van der Waals surface area contributed by atoms with Crippen molar-refractivity contribution in [2.45, 2.75) is 19.4 Å². The summed E-state index contributed by atoms with van der Waals surface area (Å²) in [5.74, 6) is 1.28. The molecule has 16 heavy (non-hydrogen) atoms. The Labute approximate surface area is 94.3 Å². The molecule has 3 rings (SSSR count). The number of rotatable bonds is 2. The molecule has 1 fully saturated rings. The lowest BCUT2D eigenvalue weighted by Crippen LogP contribution is -2.17. The number of likely N-dealkylation sites (tertiary alicyclic amines) is 1.